The topological polar surface area (TPSA) is 58.4 Å². The Hall–Kier alpha value is -3.52. The van der Waals surface area contributed by atoms with Gasteiger partial charge in [0.1, 0.15) is 5.82 Å². The normalized spacial score (nSPS) is 17.1. The molecule has 0 aliphatic carbocycles. The summed E-state index contributed by atoms with van der Waals surface area (Å²) in [6.45, 7) is 3.07. The van der Waals surface area contributed by atoms with Gasteiger partial charge in [-0.2, -0.15) is 0 Å². The first-order valence-electron chi connectivity index (χ1n) is 11.9. The molecule has 0 atom stereocenters. The van der Waals surface area contributed by atoms with Crippen molar-refractivity contribution < 1.29 is 14.0 Å². The van der Waals surface area contributed by atoms with Gasteiger partial charge in [0.15, 0.2) is 5.01 Å². The molecule has 2 aromatic heterocycles. The van der Waals surface area contributed by atoms with Crippen LogP contribution in [0, 0.1) is 17.7 Å². The Balaban J connectivity index is 1.06. The third-order valence-corrected chi connectivity index (χ3v) is 8.11. The predicted octanol–water partition coefficient (Wildman–Crippen LogP) is 4.85. The molecule has 0 radical (unpaired) electrons. The third kappa shape index (κ3) is 4.12. The second-order valence-corrected chi connectivity index (χ2v) is 10.3. The fourth-order valence-electron chi connectivity index (χ4n) is 5.30. The molecule has 0 N–H and O–H groups in total. The Morgan fingerprint density at radius 2 is 1.69 bits per heavy atom. The second-order valence-electron chi connectivity index (χ2n) is 9.37. The van der Waals surface area contributed by atoms with Crippen LogP contribution in [0.2, 0.25) is 0 Å². The maximum Gasteiger partial charge on any atom is 0.282 e. The van der Waals surface area contributed by atoms with Crippen molar-refractivity contribution in [2.75, 3.05) is 26.2 Å². The van der Waals surface area contributed by atoms with Crippen LogP contribution in [0.5, 0.6) is 0 Å². The number of nitrogens with zero attached hydrogens (tertiary/aromatic N) is 4. The van der Waals surface area contributed by atoms with Gasteiger partial charge in [-0.05, 0) is 73.2 Å². The molecule has 2 amide bonds. The molecule has 2 saturated heterocycles. The van der Waals surface area contributed by atoms with Gasteiger partial charge in [0.2, 0.25) is 0 Å². The summed E-state index contributed by atoms with van der Waals surface area (Å²) in [5.74, 6) is 0.883. The SMILES string of the molecule is O=C(c1ccc2c(ccn2-c2ccc(F)cc2)c1)N1CC(C2CCN(C(=O)c3nccs3)CC2)C1. The first kappa shape index (κ1) is 22.0. The monoisotopic (exact) mass is 488 g/mol. The fourth-order valence-corrected chi connectivity index (χ4v) is 5.90. The van der Waals surface area contributed by atoms with E-state index in [2.05, 4.69) is 4.98 Å². The van der Waals surface area contributed by atoms with Gasteiger partial charge < -0.3 is 14.4 Å². The molecular weight excluding hydrogens is 463 g/mol. The van der Waals surface area contributed by atoms with E-state index in [1.807, 2.05) is 50.2 Å². The van der Waals surface area contributed by atoms with Crippen molar-refractivity contribution in [2.45, 2.75) is 12.8 Å². The lowest BCUT2D eigenvalue weighted by atomic mass is 9.79. The molecule has 2 fully saturated rings. The molecule has 4 aromatic rings. The van der Waals surface area contributed by atoms with Gasteiger partial charge in [-0.25, -0.2) is 9.37 Å². The maximum absolute atomic E-state index is 13.3. The Bertz CT molecular complexity index is 1370. The average Bonchev–Trinajstić information content (AvgIpc) is 3.54. The molecule has 6 nitrogen and oxygen atoms in total. The zero-order valence-electron chi connectivity index (χ0n) is 19.1. The molecular formula is C27H25FN4O2S. The summed E-state index contributed by atoms with van der Waals surface area (Å²) < 4.78 is 15.3. The quantitative estimate of drug-likeness (QED) is 0.413. The Morgan fingerprint density at radius 3 is 2.40 bits per heavy atom. The van der Waals surface area contributed by atoms with E-state index in [1.54, 1.807) is 18.3 Å². The van der Waals surface area contributed by atoms with Crippen molar-refractivity contribution in [1.29, 1.82) is 0 Å². The zero-order valence-corrected chi connectivity index (χ0v) is 20.0. The molecule has 35 heavy (non-hydrogen) atoms. The van der Waals surface area contributed by atoms with E-state index < -0.39 is 0 Å². The highest BCUT2D eigenvalue weighted by molar-refractivity contribution is 7.11. The van der Waals surface area contributed by atoms with Crippen LogP contribution in [0.15, 0.2) is 66.3 Å². The Morgan fingerprint density at radius 1 is 0.914 bits per heavy atom. The largest absolute Gasteiger partial charge is 0.338 e. The molecule has 6 rings (SSSR count). The highest BCUT2D eigenvalue weighted by Gasteiger charge is 2.38. The number of benzene rings is 2. The summed E-state index contributed by atoms with van der Waals surface area (Å²) >= 11 is 1.39. The molecule has 0 unspecified atom stereocenters. The number of halogens is 1. The number of carbonyl (C=O) groups excluding carboxylic acids is 2. The fraction of sp³-hybridized carbons (Fsp3) is 0.296. The molecule has 4 heterocycles. The number of likely N-dealkylation sites (tertiary alicyclic amines) is 2. The number of piperidine rings is 1. The zero-order chi connectivity index (χ0) is 23.9. The molecule has 8 heteroatoms. The van der Waals surface area contributed by atoms with Crippen LogP contribution in [0.3, 0.4) is 0 Å². The van der Waals surface area contributed by atoms with Crippen LogP contribution < -0.4 is 0 Å². The van der Waals surface area contributed by atoms with E-state index in [-0.39, 0.29) is 17.6 Å². The van der Waals surface area contributed by atoms with Crippen molar-refractivity contribution in [3.8, 4) is 5.69 Å². The number of amides is 2. The Kier molecular flexibility index (Phi) is 5.60. The number of carbonyl (C=O) groups is 2. The summed E-state index contributed by atoms with van der Waals surface area (Å²) in [5, 5.41) is 3.38. The summed E-state index contributed by atoms with van der Waals surface area (Å²) in [4.78, 5) is 33.6. The van der Waals surface area contributed by atoms with E-state index in [9.17, 15) is 14.0 Å². The molecule has 2 aromatic carbocycles. The van der Waals surface area contributed by atoms with Gasteiger partial charge >= 0.3 is 0 Å². The summed E-state index contributed by atoms with van der Waals surface area (Å²) in [6, 6.07) is 14.1. The van der Waals surface area contributed by atoms with Gasteiger partial charge in [-0.1, -0.05) is 0 Å². The summed E-state index contributed by atoms with van der Waals surface area (Å²) in [7, 11) is 0. The Labute approximate surface area is 206 Å². The molecule has 178 valence electrons. The molecule has 0 saturated carbocycles. The van der Waals surface area contributed by atoms with Gasteiger partial charge in [0.05, 0.1) is 5.52 Å². The molecule has 0 spiro atoms. The number of hydrogen-bond acceptors (Lipinski definition) is 4. The van der Waals surface area contributed by atoms with E-state index in [0.717, 1.165) is 55.6 Å². The summed E-state index contributed by atoms with van der Waals surface area (Å²) in [5.41, 5.74) is 2.55. The van der Waals surface area contributed by atoms with Crippen LogP contribution in [0.25, 0.3) is 16.6 Å². The van der Waals surface area contributed by atoms with Crippen LogP contribution in [-0.4, -0.2) is 57.3 Å². The molecule has 0 bridgehead atoms. The maximum atomic E-state index is 13.3. The molecule has 2 aliphatic heterocycles. The second kappa shape index (κ2) is 8.92. The van der Waals surface area contributed by atoms with E-state index in [1.165, 1.54) is 23.5 Å². The van der Waals surface area contributed by atoms with Crippen LogP contribution in [0.1, 0.15) is 33.0 Å². The van der Waals surface area contributed by atoms with Crippen LogP contribution in [0.4, 0.5) is 4.39 Å². The first-order valence-corrected chi connectivity index (χ1v) is 12.8. The van der Waals surface area contributed by atoms with E-state index in [0.29, 0.717) is 22.4 Å². The smallest absolute Gasteiger partial charge is 0.282 e. The lowest BCUT2D eigenvalue weighted by Gasteiger charge is -2.46. The van der Waals surface area contributed by atoms with Crippen molar-refractivity contribution in [3.63, 3.8) is 0 Å². The van der Waals surface area contributed by atoms with E-state index >= 15 is 0 Å². The number of aromatic nitrogens is 2. The minimum absolute atomic E-state index is 0.0347. The van der Waals surface area contributed by atoms with Crippen molar-refractivity contribution in [1.82, 2.24) is 19.4 Å². The predicted molar refractivity (Wildman–Crippen MR) is 133 cm³/mol. The van der Waals surface area contributed by atoms with Crippen molar-refractivity contribution >= 4 is 34.1 Å². The first-order chi connectivity index (χ1) is 17.1. The molecule has 2 aliphatic rings. The van der Waals surface area contributed by atoms with Crippen LogP contribution >= 0.6 is 11.3 Å². The number of thiazole rings is 1. The minimum Gasteiger partial charge on any atom is -0.338 e. The third-order valence-electron chi connectivity index (χ3n) is 7.35. The van der Waals surface area contributed by atoms with Gasteiger partial charge in [-0.3, -0.25) is 9.59 Å². The van der Waals surface area contributed by atoms with Crippen molar-refractivity contribution in [3.05, 3.63) is 82.7 Å². The highest BCUT2D eigenvalue weighted by atomic mass is 32.1. The number of fused-ring (bicyclic) bond motifs is 1. The number of rotatable bonds is 4. The van der Waals surface area contributed by atoms with Gasteiger partial charge in [-0.15, -0.1) is 11.3 Å². The minimum atomic E-state index is -0.263. The average molecular weight is 489 g/mol. The van der Waals surface area contributed by atoms with Gasteiger partial charge in [0.25, 0.3) is 11.8 Å². The lowest BCUT2D eigenvalue weighted by Crippen LogP contribution is -2.54. The highest BCUT2D eigenvalue weighted by Crippen LogP contribution is 2.33. The number of hydrogen-bond donors (Lipinski definition) is 0. The van der Waals surface area contributed by atoms with Crippen LogP contribution in [-0.2, 0) is 0 Å². The standard InChI is InChI=1S/C27H25FN4O2S/c28-22-2-4-23(5-3-22)32-13-9-19-15-20(1-6-24(19)32)26(33)31-16-21(17-31)18-7-11-30(12-8-18)27(34)25-29-10-14-35-25/h1-6,9-10,13-15,18,21H,7-8,11-12,16-17H2. The van der Waals surface area contributed by atoms with Gasteiger partial charge in [0, 0.05) is 60.6 Å². The lowest BCUT2D eigenvalue weighted by molar-refractivity contribution is 0.0228. The van der Waals surface area contributed by atoms with E-state index in [4.69, 9.17) is 0 Å². The van der Waals surface area contributed by atoms with Crippen molar-refractivity contribution in [2.24, 2.45) is 11.8 Å². The summed E-state index contributed by atoms with van der Waals surface area (Å²) in [6.07, 6.45) is 5.57.